The number of rotatable bonds is 7. The number of nitrogens with one attached hydrogen (secondary N) is 1. The minimum Gasteiger partial charge on any atom is -0.387 e. The Labute approximate surface area is 168 Å². The molecule has 3 rings (SSSR count). The van der Waals surface area contributed by atoms with E-state index in [1.54, 1.807) is 0 Å². The molecule has 146 valence electrons. The molecule has 0 aliphatic heterocycles. The predicted octanol–water partition coefficient (Wildman–Crippen LogP) is 5.93. The normalized spacial score (nSPS) is 22.6. The maximum Gasteiger partial charge on any atom is 0.0940 e. The number of thioether (sulfide) groups is 1. The average Bonchev–Trinajstić information content (AvgIpc) is 2.69. The quantitative estimate of drug-likeness (QED) is 0.582. The van der Waals surface area contributed by atoms with Gasteiger partial charge in [-0.1, -0.05) is 56.3 Å². The summed E-state index contributed by atoms with van der Waals surface area (Å²) < 4.78 is 0. The first-order valence-corrected chi connectivity index (χ1v) is 11.2. The van der Waals surface area contributed by atoms with E-state index in [0.717, 1.165) is 5.56 Å². The second-order valence-electron chi connectivity index (χ2n) is 8.10. The van der Waals surface area contributed by atoms with E-state index < -0.39 is 6.10 Å². The smallest absolute Gasteiger partial charge is 0.0940 e. The maximum atomic E-state index is 10.8. The van der Waals surface area contributed by atoms with E-state index >= 15 is 0 Å². The molecule has 3 heteroatoms. The van der Waals surface area contributed by atoms with Crippen LogP contribution < -0.4 is 5.32 Å². The van der Waals surface area contributed by atoms with Gasteiger partial charge in [-0.05, 0) is 61.8 Å². The lowest BCUT2D eigenvalue weighted by Gasteiger charge is -2.33. The van der Waals surface area contributed by atoms with Gasteiger partial charge in [-0.2, -0.15) is 0 Å². The number of benzene rings is 2. The van der Waals surface area contributed by atoms with Crippen LogP contribution in [0.3, 0.4) is 0 Å². The van der Waals surface area contributed by atoms with E-state index in [4.69, 9.17) is 0 Å². The zero-order valence-corrected chi connectivity index (χ0v) is 17.6. The molecule has 1 saturated carbocycles. The molecule has 27 heavy (non-hydrogen) atoms. The van der Waals surface area contributed by atoms with Crippen molar-refractivity contribution in [1.29, 1.82) is 0 Å². The highest BCUT2D eigenvalue weighted by Gasteiger charge is 2.25. The Balaban J connectivity index is 1.49. The molecule has 0 spiro atoms. The van der Waals surface area contributed by atoms with Gasteiger partial charge in [-0.3, -0.25) is 0 Å². The minimum absolute atomic E-state index is 0.0619. The maximum absolute atomic E-state index is 10.8. The van der Waals surface area contributed by atoms with Crippen molar-refractivity contribution < 1.29 is 5.11 Å². The number of aliphatic hydroxyl groups is 1. The van der Waals surface area contributed by atoms with Gasteiger partial charge in [0.2, 0.25) is 0 Å². The van der Waals surface area contributed by atoms with Crippen LogP contribution >= 0.6 is 11.8 Å². The summed E-state index contributed by atoms with van der Waals surface area (Å²) in [6, 6.07) is 19.8. The van der Waals surface area contributed by atoms with Crippen molar-refractivity contribution in [3.63, 3.8) is 0 Å². The summed E-state index contributed by atoms with van der Waals surface area (Å²) in [5.74, 6) is 0.690. The van der Waals surface area contributed by atoms with E-state index in [1.165, 1.54) is 36.1 Å². The van der Waals surface area contributed by atoms with E-state index in [9.17, 15) is 5.11 Å². The van der Waals surface area contributed by atoms with E-state index in [-0.39, 0.29) is 6.04 Å². The van der Waals surface area contributed by atoms with Gasteiger partial charge >= 0.3 is 0 Å². The molecule has 0 aromatic heterocycles. The predicted molar refractivity (Wildman–Crippen MR) is 116 cm³/mol. The summed E-state index contributed by atoms with van der Waals surface area (Å²) >= 11 is 1.86. The fourth-order valence-corrected chi connectivity index (χ4v) is 4.92. The van der Waals surface area contributed by atoms with Gasteiger partial charge in [0.05, 0.1) is 6.10 Å². The lowest BCUT2D eigenvalue weighted by molar-refractivity contribution is 0.124. The molecule has 2 N–H and O–H groups in total. The molecular weight excluding hydrogens is 350 g/mol. The molecule has 1 aliphatic rings. The molecule has 2 unspecified atom stereocenters. The van der Waals surface area contributed by atoms with Gasteiger partial charge in [0.1, 0.15) is 0 Å². The number of aliphatic hydroxyl groups excluding tert-OH is 1. The molecule has 1 fully saturated rings. The molecular formula is C24H33NOS. The van der Waals surface area contributed by atoms with Crippen LogP contribution in [-0.4, -0.2) is 22.4 Å². The van der Waals surface area contributed by atoms with Crippen LogP contribution in [0.15, 0.2) is 59.5 Å². The molecule has 2 nitrogen and oxygen atoms in total. The van der Waals surface area contributed by atoms with Crippen molar-refractivity contribution in [3.8, 4) is 0 Å². The van der Waals surface area contributed by atoms with Crippen molar-refractivity contribution in [2.45, 2.75) is 80.7 Å². The molecule has 0 radical (unpaired) electrons. The largest absolute Gasteiger partial charge is 0.387 e. The highest BCUT2D eigenvalue weighted by Crippen LogP contribution is 2.33. The van der Waals surface area contributed by atoms with E-state index in [2.05, 4.69) is 80.7 Å². The molecule has 2 aromatic carbocycles. The van der Waals surface area contributed by atoms with Crippen LogP contribution in [0.1, 0.15) is 69.6 Å². The summed E-state index contributed by atoms with van der Waals surface area (Å²) in [7, 11) is 0. The lowest BCUT2D eigenvalue weighted by atomic mass is 9.81. The molecule has 0 bridgehead atoms. The third kappa shape index (κ3) is 5.84. The average molecular weight is 384 g/mol. The van der Waals surface area contributed by atoms with Crippen LogP contribution in [0.5, 0.6) is 0 Å². The van der Waals surface area contributed by atoms with Gasteiger partial charge in [-0.25, -0.2) is 0 Å². The molecule has 0 heterocycles. The van der Waals surface area contributed by atoms with Crippen molar-refractivity contribution in [2.24, 2.45) is 0 Å². The molecule has 1 aliphatic carbocycles. The topological polar surface area (TPSA) is 32.3 Å². The highest BCUT2D eigenvalue weighted by molar-refractivity contribution is 7.99. The molecule has 0 saturated heterocycles. The minimum atomic E-state index is -0.463. The second kappa shape index (κ2) is 9.77. The van der Waals surface area contributed by atoms with Crippen molar-refractivity contribution in [3.05, 3.63) is 65.7 Å². The third-order valence-corrected chi connectivity index (χ3v) is 6.58. The Morgan fingerprint density at radius 1 is 0.889 bits per heavy atom. The SMILES string of the molecule is CC(C)Sc1ccc(C(O)C(C)N[C@H]2CC[C@H](c3ccccc3)CC2)cc1. The molecule has 2 atom stereocenters. The van der Waals surface area contributed by atoms with Gasteiger partial charge in [-0.15, -0.1) is 11.8 Å². The van der Waals surface area contributed by atoms with Crippen LogP contribution in [-0.2, 0) is 0 Å². The van der Waals surface area contributed by atoms with Gasteiger partial charge in [0.25, 0.3) is 0 Å². The zero-order chi connectivity index (χ0) is 19.2. The van der Waals surface area contributed by atoms with E-state index in [1.807, 2.05) is 11.8 Å². The van der Waals surface area contributed by atoms with Crippen molar-refractivity contribution in [2.75, 3.05) is 0 Å². The number of hydrogen-bond donors (Lipinski definition) is 2. The van der Waals surface area contributed by atoms with Crippen LogP contribution in [0.2, 0.25) is 0 Å². The van der Waals surface area contributed by atoms with Crippen LogP contribution in [0, 0.1) is 0 Å². The summed E-state index contributed by atoms with van der Waals surface area (Å²) in [6.45, 7) is 6.50. The van der Waals surface area contributed by atoms with Crippen molar-refractivity contribution in [1.82, 2.24) is 5.32 Å². The van der Waals surface area contributed by atoms with E-state index in [0.29, 0.717) is 17.2 Å². The number of hydrogen-bond acceptors (Lipinski definition) is 3. The standard InChI is InChI=1S/C24H33NOS/c1-17(2)27-23-15-11-21(12-16-23)24(26)18(3)25-22-13-9-20(10-14-22)19-7-5-4-6-8-19/h4-8,11-12,15-18,20,22,24-26H,9-10,13-14H2,1-3H3/t18?,20-,22-,24?. The third-order valence-electron chi connectivity index (χ3n) is 5.56. The Hall–Kier alpha value is -1.29. The summed E-state index contributed by atoms with van der Waals surface area (Å²) in [5, 5.41) is 15.0. The lowest BCUT2D eigenvalue weighted by Crippen LogP contribution is -2.41. The highest BCUT2D eigenvalue weighted by atomic mass is 32.2. The van der Waals surface area contributed by atoms with Crippen LogP contribution in [0.25, 0.3) is 0 Å². The fraction of sp³-hybridized carbons (Fsp3) is 0.500. The fourth-order valence-electron chi connectivity index (χ4n) is 4.09. The molecule has 2 aromatic rings. The molecule has 0 amide bonds. The zero-order valence-electron chi connectivity index (χ0n) is 16.8. The summed E-state index contributed by atoms with van der Waals surface area (Å²) in [4.78, 5) is 1.26. The monoisotopic (exact) mass is 383 g/mol. The summed E-state index contributed by atoms with van der Waals surface area (Å²) in [6.07, 6.45) is 4.35. The Morgan fingerprint density at radius 2 is 1.52 bits per heavy atom. The first-order valence-electron chi connectivity index (χ1n) is 10.3. The second-order valence-corrected chi connectivity index (χ2v) is 9.74. The first kappa shape index (κ1) is 20.4. The van der Waals surface area contributed by atoms with Crippen LogP contribution in [0.4, 0.5) is 0 Å². The Bertz CT molecular complexity index is 677. The summed E-state index contributed by atoms with van der Waals surface area (Å²) in [5.41, 5.74) is 2.48. The van der Waals surface area contributed by atoms with Gasteiger partial charge < -0.3 is 10.4 Å². The Kier molecular flexibility index (Phi) is 7.40. The van der Waals surface area contributed by atoms with Gasteiger partial charge in [0.15, 0.2) is 0 Å². The Morgan fingerprint density at radius 3 is 2.11 bits per heavy atom. The first-order chi connectivity index (χ1) is 13.0. The van der Waals surface area contributed by atoms with Gasteiger partial charge in [0, 0.05) is 22.2 Å². The van der Waals surface area contributed by atoms with Crippen molar-refractivity contribution >= 4 is 11.8 Å².